The number of thiazole rings is 1. The van der Waals surface area contributed by atoms with Gasteiger partial charge in [0.1, 0.15) is 17.0 Å². The number of rotatable bonds is 6. The molecular formula is C23H27N7OS. The van der Waals surface area contributed by atoms with Gasteiger partial charge in [0.25, 0.3) is 5.91 Å². The molecule has 0 radical (unpaired) electrons. The first-order chi connectivity index (χ1) is 15.2. The molecule has 4 heterocycles. The number of amides is 1. The Kier molecular flexibility index (Phi) is 6.01. The molecule has 9 heteroatoms. The largest absolute Gasteiger partial charge is 0.343 e. The van der Waals surface area contributed by atoms with Crippen LogP contribution in [0, 0.1) is 0 Å². The number of hydrogen-bond acceptors (Lipinski definition) is 7. The van der Waals surface area contributed by atoms with Crippen molar-refractivity contribution < 1.29 is 4.79 Å². The van der Waals surface area contributed by atoms with Crippen molar-refractivity contribution in [1.82, 2.24) is 34.8 Å². The summed E-state index contributed by atoms with van der Waals surface area (Å²) in [4.78, 5) is 35.8. The van der Waals surface area contributed by atoms with E-state index in [0.29, 0.717) is 12.1 Å². The SMILES string of the molecule is CCn1cnc2cnc(C(=O)NC(C)c3cnc(Cc4cnc(C(C)(C)C)nc4)s3)cc21. The van der Waals surface area contributed by atoms with Crippen molar-refractivity contribution in [2.75, 3.05) is 0 Å². The van der Waals surface area contributed by atoms with Crippen LogP contribution < -0.4 is 5.32 Å². The molecule has 0 saturated heterocycles. The highest BCUT2D eigenvalue weighted by Crippen LogP contribution is 2.24. The van der Waals surface area contributed by atoms with E-state index in [1.165, 1.54) is 0 Å². The molecule has 4 rings (SSSR count). The average Bonchev–Trinajstić information content (AvgIpc) is 3.39. The van der Waals surface area contributed by atoms with E-state index in [1.807, 2.05) is 37.0 Å². The third kappa shape index (κ3) is 4.67. The molecular weight excluding hydrogens is 422 g/mol. The van der Waals surface area contributed by atoms with Crippen molar-refractivity contribution in [1.29, 1.82) is 0 Å². The second-order valence-corrected chi connectivity index (χ2v) is 9.93. The maximum absolute atomic E-state index is 12.8. The quantitative estimate of drug-likeness (QED) is 0.476. The Bertz CT molecular complexity index is 1240. The number of imidazole rings is 1. The predicted molar refractivity (Wildman–Crippen MR) is 125 cm³/mol. The van der Waals surface area contributed by atoms with Crippen molar-refractivity contribution >= 4 is 28.3 Å². The van der Waals surface area contributed by atoms with E-state index in [-0.39, 0.29) is 17.4 Å². The molecule has 4 aromatic rings. The van der Waals surface area contributed by atoms with E-state index in [9.17, 15) is 4.79 Å². The molecule has 32 heavy (non-hydrogen) atoms. The Morgan fingerprint density at radius 3 is 2.53 bits per heavy atom. The predicted octanol–water partition coefficient (Wildman–Crippen LogP) is 4.08. The second kappa shape index (κ2) is 8.74. The van der Waals surface area contributed by atoms with E-state index < -0.39 is 0 Å². The number of hydrogen-bond donors (Lipinski definition) is 1. The summed E-state index contributed by atoms with van der Waals surface area (Å²) in [6.45, 7) is 11.1. The molecule has 1 atom stereocenters. The summed E-state index contributed by atoms with van der Waals surface area (Å²) in [6.07, 6.45) is 9.61. The molecule has 0 aliphatic rings. The lowest BCUT2D eigenvalue weighted by molar-refractivity contribution is 0.0935. The normalized spacial score (nSPS) is 12.8. The maximum atomic E-state index is 12.8. The summed E-state index contributed by atoms with van der Waals surface area (Å²) in [5, 5.41) is 3.98. The van der Waals surface area contributed by atoms with Gasteiger partial charge < -0.3 is 9.88 Å². The van der Waals surface area contributed by atoms with E-state index in [4.69, 9.17) is 0 Å². The van der Waals surface area contributed by atoms with Crippen molar-refractivity contribution in [2.24, 2.45) is 0 Å². The van der Waals surface area contributed by atoms with Gasteiger partial charge in [0, 0.05) is 41.8 Å². The zero-order chi connectivity index (χ0) is 22.9. The lowest BCUT2D eigenvalue weighted by Gasteiger charge is -2.15. The van der Waals surface area contributed by atoms with Crippen LogP contribution in [0.5, 0.6) is 0 Å². The van der Waals surface area contributed by atoms with Gasteiger partial charge in [-0.1, -0.05) is 20.8 Å². The van der Waals surface area contributed by atoms with E-state index in [0.717, 1.165) is 38.9 Å². The highest BCUT2D eigenvalue weighted by Gasteiger charge is 2.18. The lowest BCUT2D eigenvalue weighted by Crippen LogP contribution is -2.27. The summed E-state index contributed by atoms with van der Waals surface area (Å²) in [5.41, 5.74) is 3.00. The monoisotopic (exact) mass is 449 g/mol. The maximum Gasteiger partial charge on any atom is 0.270 e. The van der Waals surface area contributed by atoms with Crippen LogP contribution >= 0.6 is 11.3 Å². The Balaban J connectivity index is 1.42. The van der Waals surface area contributed by atoms with Gasteiger partial charge in [-0.05, 0) is 25.5 Å². The van der Waals surface area contributed by atoms with Crippen molar-refractivity contribution in [2.45, 2.75) is 59.0 Å². The topological polar surface area (TPSA) is 98.5 Å². The first kappa shape index (κ1) is 22.0. The van der Waals surface area contributed by atoms with Crippen molar-refractivity contribution in [3.63, 3.8) is 0 Å². The van der Waals surface area contributed by atoms with E-state index in [1.54, 1.807) is 29.9 Å². The molecule has 0 spiro atoms. The van der Waals surface area contributed by atoms with E-state index in [2.05, 4.69) is 51.0 Å². The van der Waals surface area contributed by atoms with Crippen LogP contribution in [0.15, 0.2) is 37.2 Å². The van der Waals surface area contributed by atoms with Crippen LogP contribution in [-0.4, -0.2) is 35.4 Å². The molecule has 1 amide bonds. The summed E-state index contributed by atoms with van der Waals surface area (Å²) < 4.78 is 1.99. The number of fused-ring (bicyclic) bond motifs is 1. The smallest absolute Gasteiger partial charge is 0.270 e. The van der Waals surface area contributed by atoms with Gasteiger partial charge in [0.15, 0.2) is 0 Å². The first-order valence-electron chi connectivity index (χ1n) is 10.6. The summed E-state index contributed by atoms with van der Waals surface area (Å²) in [5.74, 6) is 0.607. The minimum absolute atomic E-state index is 0.0734. The standard InChI is InChI=1S/C23H27N7OS/c1-6-30-13-28-17-11-24-16(8-18(17)30)21(31)29-14(2)19-12-25-20(32-19)7-15-9-26-22(27-10-15)23(3,4)5/h8-14H,6-7H2,1-5H3,(H,29,31). The number of pyridine rings is 1. The molecule has 1 N–H and O–H groups in total. The summed E-state index contributed by atoms with van der Waals surface area (Å²) in [7, 11) is 0. The fraction of sp³-hybridized carbons (Fsp3) is 0.391. The molecule has 0 aliphatic carbocycles. The Hall–Kier alpha value is -3.20. The molecule has 166 valence electrons. The van der Waals surface area contributed by atoms with Crippen LogP contribution in [0.3, 0.4) is 0 Å². The fourth-order valence-corrected chi connectivity index (χ4v) is 4.25. The van der Waals surface area contributed by atoms with Gasteiger partial charge >= 0.3 is 0 Å². The first-order valence-corrected chi connectivity index (χ1v) is 11.4. The number of carbonyl (C=O) groups is 1. The molecule has 1 unspecified atom stereocenters. The third-order valence-corrected chi connectivity index (χ3v) is 6.34. The van der Waals surface area contributed by atoms with Gasteiger partial charge in [0.05, 0.1) is 29.1 Å². The van der Waals surface area contributed by atoms with Gasteiger partial charge in [-0.2, -0.15) is 0 Å². The van der Waals surface area contributed by atoms with Gasteiger partial charge in [-0.15, -0.1) is 11.3 Å². The highest BCUT2D eigenvalue weighted by atomic mass is 32.1. The molecule has 0 bridgehead atoms. The Morgan fingerprint density at radius 1 is 1.09 bits per heavy atom. The molecule has 0 fully saturated rings. The van der Waals surface area contributed by atoms with Crippen LogP contribution in [-0.2, 0) is 18.4 Å². The number of nitrogens with one attached hydrogen (secondary N) is 1. The minimum Gasteiger partial charge on any atom is -0.343 e. The average molecular weight is 450 g/mol. The zero-order valence-corrected chi connectivity index (χ0v) is 19.8. The third-order valence-electron chi connectivity index (χ3n) is 5.16. The summed E-state index contributed by atoms with van der Waals surface area (Å²) in [6, 6.07) is 1.61. The zero-order valence-electron chi connectivity index (χ0n) is 19.0. The number of nitrogens with zero attached hydrogens (tertiary/aromatic N) is 6. The molecule has 0 aromatic carbocycles. The second-order valence-electron chi connectivity index (χ2n) is 8.78. The number of carbonyl (C=O) groups excluding carboxylic acids is 1. The molecule has 0 aliphatic heterocycles. The van der Waals surface area contributed by atoms with E-state index >= 15 is 0 Å². The van der Waals surface area contributed by atoms with Crippen LogP contribution in [0.1, 0.15) is 72.4 Å². The van der Waals surface area contributed by atoms with Crippen LogP contribution in [0.2, 0.25) is 0 Å². The highest BCUT2D eigenvalue weighted by molar-refractivity contribution is 7.11. The van der Waals surface area contributed by atoms with Gasteiger partial charge in [0.2, 0.25) is 0 Å². The Labute approximate surface area is 191 Å². The molecule has 4 aromatic heterocycles. The van der Waals surface area contributed by atoms with Crippen LogP contribution in [0.4, 0.5) is 0 Å². The van der Waals surface area contributed by atoms with Crippen molar-refractivity contribution in [3.05, 3.63) is 64.1 Å². The minimum atomic E-state index is -0.218. The number of aromatic nitrogens is 6. The Morgan fingerprint density at radius 2 is 1.84 bits per heavy atom. The van der Waals surface area contributed by atoms with Gasteiger partial charge in [-0.3, -0.25) is 4.79 Å². The molecule has 8 nitrogen and oxygen atoms in total. The van der Waals surface area contributed by atoms with Crippen LogP contribution in [0.25, 0.3) is 11.0 Å². The fourth-order valence-electron chi connectivity index (χ4n) is 3.29. The van der Waals surface area contributed by atoms with Gasteiger partial charge in [-0.25, -0.2) is 24.9 Å². The van der Waals surface area contributed by atoms with Crippen molar-refractivity contribution in [3.8, 4) is 0 Å². The lowest BCUT2D eigenvalue weighted by atomic mass is 9.96. The summed E-state index contributed by atoms with van der Waals surface area (Å²) >= 11 is 1.58. The number of aryl methyl sites for hydroxylation is 1. The molecule has 0 saturated carbocycles.